The van der Waals surface area contributed by atoms with Crippen molar-refractivity contribution in [3.63, 3.8) is 0 Å². The molecule has 0 saturated carbocycles. The van der Waals surface area contributed by atoms with Gasteiger partial charge >= 0.3 is 0 Å². The molecule has 1 fully saturated rings. The second-order valence-electron chi connectivity index (χ2n) is 4.42. The maximum atomic E-state index is 5.42. The Morgan fingerprint density at radius 3 is 2.50 bits per heavy atom. The first-order valence-electron chi connectivity index (χ1n) is 5.96. The van der Waals surface area contributed by atoms with Gasteiger partial charge in [0.2, 0.25) is 0 Å². The van der Waals surface area contributed by atoms with Crippen molar-refractivity contribution >= 4 is 0 Å². The van der Waals surface area contributed by atoms with Gasteiger partial charge in [0, 0.05) is 6.42 Å². The van der Waals surface area contributed by atoms with Gasteiger partial charge in [0.25, 0.3) is 0 Å². The van der Waals surface area contributed by atoms with E-state index in [1.165, 1.54) is 5.56 Å². The molecule has 0 amide bonds. The van der Waals surface area contributed by atoms with E-state index >= 15 is 0 Å². The summed E-state index contributed by atoms with van der Waals surface area (Å²) in [5.74, 6) is 0. The Morgan fingerprint density at radius 2 is 1.88 bits per heavy atom. The lowest BCUT2D eigenvalue weighted by atomic mass is 10.1. The van der Waals surface area contributed by atoms with E-state index in [4.69, 9.17) is 4.74 Å². The van der Waals surface area contributed by atoms with Crippen molar-refractivity contribution in [3.8, 4) is 0 Å². The number of ether oxygens (including phenoxy) is 1. The Bertz CT molecular complexity index is 328. The van der Waals surface area contributed by atoms with Crippen molar-refractivity contribution in [2.45, 2.75) is 6.42 Å². The van der Waals surface area contributed by atoms with E-state index in [9.17, 15) is 0 Å². The molecule has 2 rings (SSSR count). The maximum absolute atomic E-state index is 5.42. The Labute approximate surface area is 97.7 Å². The van der Waals surface area contributed by atoms with Gasteiger partial charge in [0.05, 0.1) is 26.0 Å². The minimum absolute atomic E-state index is 0.862. The van der Waals surface area contributed by atoms with E-state index in [0.717, 1.165) is 43.8 Å². The van der Waals surface area contributed by atoms with Crippen molar-refractivity contribution in [2.75, 3.05) is 32.8 Å². The SMILES string of the molecule is C=C[N+]1(CCc2ccccc2)CCOCC1. The second kappa shape index (κ2) is 5.28. The van der Waals surface area contributed by atoms with Crippen LogP contribution >= 0.6 is 0 Å². The van der Waals surface area contributed by atoms with Gasteiger partial charge in [-0.15, -0.1) is 0 Å². The van der Waals surface area contributed by atoms with Gasteiger partial charge in [-0.1, -0.05) is 30.3 Å². The lowest BCUT2D eigenvalue weighted by Gasteiger charge is -2.37. The molecule has 86 valence electrons. The largest absolute Gasteiger partial charge is 0.370 e. The molecule has 1 aliphatic heterocycles. The van der Waals surface area contributed by atoms with Crippen molar-refractivity contribution in [1.82, 2.24) is 0 Å². The summed E-state index contributed by atoms with van der Waals surface area (Å²) in [5, 5.41) is 0. The molecule has 1 heterocycles. The summed E-state index contributed by atoms with van der Waals surface area (Å²) >= 11 is 0. The summed E-state index contributed by atoms with van der Waals surface area (Å²) in [7, 11) is 0. The van der Waals surface area contributed by atoms with E-state index in [1.807, 2.05) is 0 Å². The highest BCUT2D eigenvalue weighted by Gasteiger charge is 2.26. The number of rotatable bonds is 4. The third-order valence-corrected chi connectivity index (χ3v) is 3.44. The molecule has 2 nitrogen and oxygen atoms in total. The average molecular weight is 218 g/mol. The van der Waals surface area contributed by atoms with Gasteiger partial charge in [-0.05, 0) is 12.1 Å². The van der Waals surface area contributed by atoms with Gasteiger partial charge in [-0.25, -0.2) is 0 Å². The zero-order valence-electron chi connectivity index (χ0n) is 9.77. The molecule has 1 aromatic carbocycles. The minimum Gasteiger partial charge on any atom is -0.370 e. The number of nitrogens with zero attached hydrogens (tertiary/aromatic N) is 1. The van der Waals surface area contributed by atoms with Crippen molar-refractivity contribution in [1.29, 1.82) is 0 Å². The molecule has 1 aromatic rings. The fourth-order valence-corrected chi connectivity index (χ4v) is 2.20. The summed E-state index contributed by atoms with van der Waals surface area (Å²) in [6.07, 6.45) is 3.21. The fraction of sp³-hybridized carbons (Fsp3) is 0.429. The van der Waals surface area contributed by atoms with Crippen LogP contribution in [0.15, 0.2) is 43.1 Å². The number of hydrogen-bond acceptors (Lipinski definition) is 1. The summed E-state index contributed by atoms with van der Waals surface area (Å²) in [6, 6.07) is 10.7. The van der Waals surface area contributed by atoms with Gasteiger partial charge in [-0.2, -0.15) is 0 Å². The first-order valence-corrected chi connectivity index (χ1v) is 5.96. The molecule has 2 heteroatoms. The van der Waals surface area contributed by atoms with E-state index in [1.54, 1.807) is 0 Å². The molecule has 0 aromatic heterocycles. The topological polar surface area (TPSA) is 9.23 Å². The Kier molecular flexibility index (Phi) is 3.75. The van der Waals surface area contributed by atoms with E-state index < -0.39 is 0 Å². The molecule has 0 spiro atoms. The molecule has 0 bridgehead atoms. The number of quaternary nitrogens is 1. The molecule has 0 N–H and O–H groups in total. The van der Waals surface area contributed by atoms with Crippen LogP contribution in [0.5, 0.6) is 0 Å². The molecule has 0 unspecified atom stereocenters. The quantitative estimate of drug-likeness (QED) is 0.704. The molecule has 0 atom stereocenters. The Morgan fingerprint density at radius 1 is 1.19 bits per heavy atom. The smallest absolute Gasteiger partial charge is 0.107 e. The van der Waals surface area contributed by atoms with E-state index in [2.05, 4.69) is 43.1 Å². The van der Waals surface area contributed by atoms with Crippen LogP contribution in [0.1, 0.15) is 5.56 Å². The van der Waals surface area contributed by atoms with Gasteiger partial charge < -0.3 is 4.74 Å². The van der Waals surface area contributed by atoms with E-state index in [-0.39, 0.29) is 0 Å². The van der Waals surface area contributed by atoms with Crippen LogP contribution in [0.4, 0.5) is 0 Å². The number of hydrogen-bond donors (Lipinski definition) is 0. The first-order chi connectivity index (χ1) is 7.85. The van der Waals surface area contributed by atoms with E-state index in [0.29, 0.717) is 0 Å². The van der Waals surface area contributed by atoms with Crippen LogP contribution in [-0.2, 0) is 11.2 Å². The molecule has 1 aliphatic rings. The number of morpholine rings is 1. The molecule has 0 aliphatic carbocycles. The average Bonchev–Trinajstić information content (AvgIpc) is 2.39. The van der Waals surface area contributed by atoms with Crippen LogP contribution in [0.25, 0.3) is 0 Å². The predicted octanol–water partition coefficient (Wildman–Crippen LogP) is 2.22. The van der Waals surface area contributed by atoms with Crippen molar-refractivity contribution < 1.29 is 9.22 Å². The van der Waals surface area contributed by atoms with Gasteiger partial charge in [-0.3, -0.25) is 4.48 Å². The van der Waals surface area contributed by atoms with Crippen LogP contribution in [0, 0.1) is 0 Å². The normalized spacial score (nSPS) is 19.2. The number of benzene rings is 1. The standard InChI is InChI=1S/C14H20NO/c1-2-15(10-12-16-13-11-15)9-8-14-6-4-3-5-7-14/h2-7H,1,8-13H2/q+1. The maximum Gasteiger partial charge on any atom is 0.107 e. The Hall–Kier alpha value is -1.12. The molecule has 0 radical (unpaired) electrons. The second-order valence-corrected chi connectivity index (χ2v) is 4.42. The highest BCUT2D eigenvalue weighted by Crippen LogP contribution is 2.14. The van der Waals surface area contributed by atoms with Crippen LogP contribution in [-0.4, -0.2) is 37.3 Å². The Balaban J connectivity index is 1.94. The van der Waals surface area contributed by atoms with Crippen LogP contribution in [0.2, 0.25) is 0 Å². The predicted molar refractivity (Wildman–Crippen MR) is 66.0 cm³/mol. The highest BCUT2D eigenvalue weighted by molar-refractivity contribution is 5.14. The lowest BCUT2D eigenvalue weighted by Crippen LogP contribution is -2.51. The third-order valence-electron chi connectivity index (χ3n) is 3.44. The van der Waals surface area contributed by atoms with Crippen molar-refractivity contribution in [3.05, 3.63) is 48.7 Å². The fourth-order valence-electron chi connectivity index (χ4n) is 2.20. The monoisotopic (exact) mass is 218 g/mol. The zero-order valence-corrected chi connectivity index (χ0v) is 9.77. The third kappa shape index (κ3) is 2.71. The van der Waals surface area contributed by atoms with Crippen molar-refractivity contribution in [2.24, 2.45) is 0 Å². The first kappa shape index (κ1) is 11.4. The van der Waals surface area contributed by atoms with Gasteiger partial charge in [0.1, 0.15) is 13.1 Å². The van der Waals surface area contributed by atoms with Gasteiger partial charge in [0.15, 0.2) is 0 Å². The van der Waals surface area contributed by atoms with Crippen LogP contribution in [0.3, 0.4) is 0 Å². The molecule has 16 heavy (non-hydrogen) atoms. The molecular weight excluding hydrogens is 198 g/mol. The summed E-state index contributed by atoms with van der Waals surface area (Å²) in [4.78, 5) is 0. The summed E-state index contributed by atoms with van der Waals surface area (Å²) < 4.78 is 6.41. The minimum atomic E-state index is 0.862. The molecule has 1 saturated heterocycles. The highest BCUT2D eigenvalue weighted by atomic mass is 16.5. The summed E-state index contributed by atoms with van der Waals surface area (Å²) in [6.45, 7) is 8.98. The zero-order chi connectivity index (χ0) is 11.3. The summed E-state index contributed by atoms with van der Waals surface area (Å²) in [5.41, 5.74) is 1.41. The molecular formula is C14H20NO+. The lowest BCUT2D eigenvalue weighted by molar-refractivity contribution is -0.887. The van der Waals surface area contributed by atoms with Crippen LogP contribution < -0.4 is 0 Å².